The molecular formula is C21H23NO7. The summed E-state index contributed by atoms with van der Waals surface area (Å²) in [5.74, 6) is -0.829. The summed E-state index contributed by atoms with van der Waals surface area (Å²) in [6.07, 6.45) is 1.44. The summed E-state index contributed by atoms with van der Waals surface area (Å²) in [7, 11) is 0. The number of furan rings is 1. The van der Waals surface area contributed by atoms with E-state index >= 15 is 0 Å². The molecule has 1 aliphatic heterocycles. The molecule has 3 rings (SSSR count). The molecule has 1 unspecified atom stereocenters. The molecule has 1 amide bonds. The zero-order valence-corrected chi connectivity index (χ0v) is 16.0. The second kappa shape index (κ2) is 9.40. The highest BCUT2D eigenvalue weighted by Gasteiger charge is 2.47. The number of Topliss-reactive ketones (excluding diaryl/α,β-unsaturated/α-hetero) is 1. The van der Waals surface area contributed by atoms with E-state index < -0.39 is 17.7 Å². The lowest BCUT2D eigenvalue weighted by Crippen LogP contribution is -2.33. The number of carbonyl (C=O) groups is 2. The number of hydrogen-bond acceptors (Lipinski definition) is 7. The maximum absolute atomic E-state index is 12.7. The van der Waals surface area contributed by atoms with Crippen LogP contribution in [-0.2, 0) is 14.3 Å². The minimum Gasteiger partial charge on any atom is -0.507 e. The molecular weight excluding hydrogens is 378 g/mol. The summed E-state index contributed by atoms with van der Waals surface area (Å²) in [5.41, 5.74) is 0.343. The molecule has 1 aromatic carbocycles. The second-order valence-electron chi connectivity index (χ2n) is 6.30. The molecule has 0 bridgehead atoms. The number of ether oxygens (including phenoxy) is 2. The SMILES string of the molecule is CCOc1ccc(/C(O)=C2/C(=O)C(=O)N(CCOCCO)C2c2ccco2)cc1. The molecule has 8 nitrogen and oxygen atoms in total. The van der Waals surface area contributed by atoms with Crippen LogP contribution >= 0.6 is 0 Å². The number of aliphatic hydroxyl groups is 2. The molecule has 29 heavy (non-hydrogen) atoms. The third-order valence-electron chi connectivity index (χ3n) is 4.50. The molecule has 2 N–H and O–H groups in total. The lowest BCUT2D eigenvalue weighted by atomic mass is 9.99. The molecule has 0 radical (unpaired) electrons. The number of hydrogen-bond donors (Lipinski definition) is 2. The van der Waals surface area contributed by atoms with Crippen LogP contribution in [0.1, 0.15) is 24.3 Å². The van der Waals surface area contributed by atoms with Gasteiger partial charge in [-0.2, -0.15) is 0 Å². The van der Waals surface area contributed by atoms with Crippen molar-refractivity contribution in [3.63, 3.8) is 0 Å². The minimum atomic E-state index is -0.866. The molecule has 0 spiro atoms. The monoisotopic (exact) mass is 401 g/mol. The highest BCUT2D eigenvalue weighted by Crippen LogP contribution is 2.39. The van der Waals surface area contributed by atoms with Crippen LogP contribution in [0.5, 0.6) is 5.75 Å². The Hall–Kier alpha value is -3.10. The van der Waals surface area contributed by atoms with Gasteiger partial charge in [0.1, 0.15) is 23.3 Å². The Morgan fingerprint density at radius 2 is 1.93 bits per heavy atom. The molecule has 1 aromatic heterocycles. The average molecular weight is 401 g/mol. The van der Waals surface area contributed by atoms with Crippen molar-refractivity contribution < 1.29 is 33.7 Å². The van der Waals surface area contributed by atoms with Crippen LogP contribution in [-0.4, -0.2) is 59.8 Å². The molecule has 1 atom stereocenters. The summed E-state index contributed by atoms with van der Waals surface area (Å²) in [6, 6.07) is 9.03. The van der Waals surface area contributed by atoms with Gasteiger partial charge in [-0.3, -0.25) is 9.59 Å². The van der Waals surface area contributed by atoms with Crippen LogP contribution < -0.4 is 4.74 Å². The molecule has 1 aliphatic rings. The van der Waals surface area contributed by atoms with Crippen molar-refractivity contribution in [3.05, 3.63) is 59.6 Å². The summed E-state index contributed by atoms with van der Waals surface area (Å²) >= 11 is 0. The van der Waals surface area contributed by atoms with Crippen molar-refractivity contribution >= 4 is 17.4 Å². The van der Waals surface area contributed by atoms with Crippen molar-refractivity contribution in [3.8, 4) is 5.75 Å². The molecule has 0 saturated carbocycles. The van der Waals surface area contributed by atoms with Gasteiger partial charge in [-0.25, -0.2) is 0 Å². The number of likely N-dealkylation sites (tertiary alicyclic amines) is 1. The Morgan fingerprint density at radius 1 is 1.17 bits per heavy atom. The van der Waals surface area contributed by atoms with Gasteiger partial charge in [0.2, 0.25) is 0 Å². The number of benzene rings is 1. The van der Waals surface area contributed by atoms with E-state index in [2.05, 4.69) is 0 Å². The number of ketones is 1. The zero-order chi connectivity index (χ0) is 20.8. The van der Waals surface area contributed by atoms with E-state index in [-0.39, 0.29) is 37.7 Å². The van der Waals surface area contributed by atoms with Crippen LogP contribution in [0.15, 0.2) is 52.7 Å². The third-order valence-corrected chi connectivity index (χ3v) is 4.50. The Labute approximate surface area is 168 Å². The van der Waals surface area contributed by atoms with Gasteiger partial charge in [-0.05, 0) is 43.3 Å². The number of nitrogens with zero attached hydrogens (tertiary/aromatic N) is 1. The standard InChI is InChI=1S/C21H23NO7/c1-2-28-15-7-5-14(6-8-15)19(24)17-18(16-4-3-11-29-16)22(21(26)20(17)25)9-12-27-13-10-23/h3-8,11,18,23-24H,2,9-10,12-13H2,1H3/b19-17-. The fraction of sp³-hybridized carbons (Fsp3) is 0.333. The summed E-state index contributed by atoms with van der Waals surface area (Å²) in [5, 5.41) is 19.7. The van der Waals surface area contributed by atoms with Gasteiger partial charge >= 0.3 is 0 Å². The fourth-order valence-corrected chi connectivity index (χ4v) is 3.21. The van der Waals surface area contributed by atoms with Crippen LogP contribution in [0.25, 0.3) is 5.76 Å². The maximum Gasteiger partial charge on any atom is 0.295 e. The predicted octanol–water partition coefficient (Wildman–Crippen LogP) is 2.11. The first kappa shape index (κ1) is 20.6. The number of aliphatic hydroxyl groups excluding tert-OH is 2. The third kappa shape index (κ3) is 4.33. The Balaban J connectivity index is 1.97. The van der Waals surface area contributed by atoms with Gasteiger partial charge in [0.15, 0.2) is 0 Å². The first-order valence-corrected chi connectivity index (χ1v) is 9.32. The molecule has 0 aliphatic carbocycles. The van der Waals surface area contributed by atoms with E-state index in [1.807, 2.05) is 6.92 Å². The van der Waals surface area contributed by atoms with E-state index in [0.717, 1.165) is 0 Å². The molecule has 8 heteroatoms. The molecule has 2 heterocycles. The Bertz CT molecular complexity index is 871. The van der Waals surface area contributed by atoms with Gasteiger partial charge < -0.3 is 29.0 Å². The van der Waals surface area contributed by atoms with Crippen molar-refractivity contribution in [2.75, 3.05) is 33.0 Å². The number of rotatable bonds is 9. The van der Waals surface area contributed by atoms with Gasteiger partial charge in [0.25, 0.3) is 11.7 Å². The molecule has 154 valence electrons. The van der Waals surface area contributed by atoms with Gasteiger partial charge in [0.05, 0.1) is 38.3 Å². The summed E-state index contributed by atoms with van der Waals surface area (Å²) in [6.45, 7) is 2.60. The maximum atomic E-state index is 12.7. The van der Waals surface area contributed by atoms with Crippen LogP contribution in [0.2, 0.25) is 0 Å². The lowest BCUT2D eigenvalue weighted by Gasteiger charge is -2.23. The molecule has 2 aromatic rings. The van der Waals surface area contributed by atoms with E-state index in [1.165, 1.54) is 11.2 Å². The normalized spacial score (nSPS) is 18.4. The summed E-state index contributed by atoms with van der Waals surface area (Å²) in [4.78, 5) is 26.7. The van der Waals surface area contributed by atoms with Gasteiger partial charge in [-0.15, -0.1) is 0 Å². The van der Waals surface area contributed by atoms with E-state index in [9.17, 15) is 14.7 Å². The predicted molar refractivity (Wildman–Crippen MR) is 103 cm³/mol. The number of amides is 1. The van der Waals surface area contributed by atoms with E-state index in [4.69, 9.17) is 19.0 Å². The highest BCUT2D eigenvalue weighted by molar-refractivity contribution is 6.46. The van der Waals surface area contributed by atoms with E-state index in [0.29, 0.717) is 23.7 Å². The van der Waals surface area contributed by atoms with Crippen LogP contribution in [0.4, 0.5) is 0 Å². The first-order valence-electron chi connectivity index (χ1n) is 9.32. The average Bonchev–Trinajstić information content (AvgIpc) is 3.34. The topological polar surface area (TPSA) is 109 Å². The quantitative estimate of drug-likeness (QED) is 0.287. The lowest BCUT2D eigenvalue weighted by molar-refractivity contribution is -0.140. The van der Waals surface area contributed by atoms with Crippen molar-refractivity contribution in [2.24, 2.45) is 0 Å². The molecule has 1 saturated heterocycles. The van der Waals surface area contributed by atoms with Gasteiger partial charge in [-0.1, -0.05) is 0 Å². The Kier molecular flexibility index (Phi) is 6.69. The largest absolute Gasteiger partial charge is 0.507 e. The highest BCUT2D eigenvalue weighted by atomic mass is 16.5. The molecule has 1 fully saturated rings. The zero-order valence-electron chi connectivity index (χ0n) is 16.0. The minimum absolute atomic E-state index is 0.0451. The van der Waals surface area contributed by atoms with Gasteiger partial charge in [0, 0.05) is 12.1 Å². The Morgan fingerprint density at radius 3 is 2.55 bits per heavy atom. The second-order valence-corrected chi connectivity index (χ2v) is 6.30. The van der Waals surface area contributed by atoms with Crippen LogP contribution in [0.3, 0.4) is 0 Å². The van der Waals surface area contributed by atoms with Crippen molar-refractivity contribution in [2.45, 2.75) is 13.0 Å². The van der Waals surface area contributed by atoms with Crippen LogP contribution in [0, 0.1) is 0 Å². The van der Waals surface area contributed by atoms with E-state index in [1.54, 1.807) is 36.4 Å². The fourth-order valence-electron chi connectivity index (χ4n) is 3.21. The smallest absolute Gasteiger partial charge is 0.295 e. The van der Waals surface area contributed by atoms with Crippen molar-refractivity contribution in [1.29, 1.82) is 0 Å². The number of carbonyl (C=O) groups excluding carboxylic acids is 2. The first-order chi connectivity index (χ1) is 14.1. The summed E-state index contributed by atoms with van der Waals surface area (Å²) < 4.78 is 16.1. The van der Waals surface area contributed by atoms with Crippen molar-refractivity contribution in [1.82, 2.24) is 4.90 Å².